The summed E-state index contributed by atoms with van der Waals surface area (Å²) in [7, 11) is 0. The Kier molecular flexibility index (Phi) is 7.18. The van der Waals surface area contributed by atoms with E-state index < -0.39 is 23.8 Å². The minimum absolute atomic E-state index is 0.000586. The van der Waals surface area contributed by atoms with Crippen LogP contribution >= 0.6 is 0 Å². The Bertz CT molecular complexity index is 715. The molecule has 7 heteroatoms. The molecule has 1 saturated heterocycles. The zero-order valence-electron chi connectivity index (χ0n) is 19.5. The lowest BCUT2D eigenvalue weighted by atomic mass is 9.58. The second-order valence-electron chi connectivity index (χ2n) is 10.2. The van der Waals surface area contributed by atoms with Crippen molar-refractivity contribution in [2.75, 3.05) is 6.61 Å². The van der Waals surface area contributed by atoms with Gasteiger partial charge < -0.3 is 24.4 Å². The van der Waals surface area contributed by atoms with E-state index in [1.807, 2.05) is 19.9 Å². The molecule has 0 aromatic heterocycles. The molecular weight excluding hydrogens is 400 g/mol. The smallest absolute Gasteiger partial charge is 0.303 e. The van der Waals surface area contributed by atoms with Gasteiger partial charge in [0.15, 0.2) is 0 Å². The molecule has 0 radical (unpaired) electrons. The SMILES string of the molecule is CC(=O)O[C@@H]1[C@H]2[C@@H]([C@@H]([C@H](C)CO)C[C@@H]1C)[C@H]1O[C@@H]2C/C(C)=C\C[C@H](OC(C)=O)[C@@]1(C)O. The van der Waals surface area contributed by atoms with Crippen LogP contribution in [-0.4, -0.2) is 58.8 Å². The van der Waals surface area contributed by atoms with E-state index in [4.69, 9.17) is 14.2 Å². The first-order valence-corrected chi connectivity index (χ1v) is 11.5. The molecule has 0 unspecified atom stereocenters. The third kappa shape index (κ3) is 4.69. The molecule has 2 fully saturated rings. The maximum atomic E-state index is 11.9. The Morgan fingerprint density at radius 2 is 1.90 bits per heavy atom. The molecule has 7 nitrogen and oxygen atoms in total. The first-order chi connectivity index (χ1) is 14.5. The lowest BCUT2D eigenvalue weighted by molar-refractivity contribution is -0.190. The summed E-state index contributed by atoms with van der Waals surface area (Å²) in [6.07, 6.45) is 1.93. The molecule has 3 rings (SSSR count). The average molecular weight is 439 g/mol. The second kappa shape index (κ2) is 9.20. The van der Waals surface area contributed by atoms with Crippen molar-refractivity contribution in [1.29, 1.82) is 0 Å². The van der Waals surface area contributed by atoms with E-state index in [2.05, 4.69) is 6.92 Å². The summed E-state index contributed by atoms with van der Waals surface area (Å²) < 4.78 is 17.9. The zero-order chi connectivity index (χ0) is 23.1. The number of carbonyl (C=O) groups is 2. The van der Waals surface area contributed by atoms with Gasteiger partial charge >= 0.3 is 11.9 Å². The van der Waals surface area contributed by atoms with Gasteiger partial charge in [0.1, 0.15) is 17.8 Å². The van der Waals surface area contributed by atoms with E-state index >= 15 is 0 Å². The van der Waals surface area contributed by atoms with Gasteiger partial charge in [-0.3, -0.25) is 9.59 Å². The van der Waals surface area contributed by atoms with Crippen LogP contribution in [0.15, 0.2) is 11.6 Å². The summed E-state index contributed by atoms with van der Waals surface area (Å²) in [5.74, 6) is -0.822. The van der Waals surface area contributed by atoms with Crippen molar-refractivity contribution in [2.24, 2.45) is 29.6 Å². The fourth-order valence-corrected chi connectivity index (χ4v) is 6.20. The van der Waals surface area contributed by atoms with Gasteiger partial charge in [-0.1, -0.05) is 25.5 Å². The summed E-state index contributed by atoms with van der Waals surface area (Å²) in [5, 5.41) is 21.7. The molecule has 176 valence electrons. The molecule has 10 atom stereocenters. The Labute approximate surface area is 185 Å². The van der Waals surface area contributed by atoms with Crippen LogP contribution in [0.1, 0.15) is 60.8 Å². The minimum Gasteiger partial charge on any atom is -0.462 e. The van der Waals surface area contributed by atoms with Crippen LogP contribution in [0.5, 0.6) is 0 Å². The highest BCUT2D eigenvalue weighted by Gasteiger charge is 2.62. The van der Waals surface area contributed by atoms with E-state index in [9.17, 15) is 19.8 Å². The van der Waals surface area contributed by atoms with Crippen molar-refractivity contribution in [3.05, 3.63) is 11.6 Å². The van der Waals surface area contributed by atoms with E-state index in [0.717, 1.165) is 12.0 Å². The highest BCUT2D eigenvalue weighted by atomic mass is 16.6. The monoisotopic (exact) mass is 438 g/mol. The number of fused-ring (bicyclic) bond motifs is 5. The predicted octanol–water partition coefficient (Wildman–Crippen LogP) is 2.63. The molecule has 1 aliphatic carbocycles. The Balaban J connectivity index is 2.10. The lowest BCUT2D eigenvalue weighted by Crippen LogP contribution is -2.58. The van der Waals surface area contributed by atoms with Crippen LogP contribution in [0.25, 0.3) is 0 Å². The molecule has 31 heavy (non-hydrogen) atoms. The maximum Gasteiger partial charge on any atom is 0.303 e. The number of carbonyl (C=O) groups excluding carboxylic acids is 2. The van der Waals surface area contributed by atoms with Gasteiger partial charge in [-0.15, -0.1) is 0 Å². The highest BCUT2D eigenvalue weighted by Crippen LogP contribution is 2.55. The maximum absolute atomic E-state index is 11.9. The molecule has 0 spiro atoms. The van der Waals surface area contributed by atoms with Gasteiger partial charge in [-0.25, -0.2) is 0 Å². The van der Waals surface area contributed by atoms with Gasteiger partial charge in [-0.05, 0) is 44.4 Å². The Morgan fingerprint density at radius 3 is 2.48 bits per heavy atom. The summed E-state index contributed by atoms with van der Waals surface area (Å²) >= 11 is 0. The van der Waals surface area contributed by atoms with Crippen LogP contribution in [-0.2, 0) is 23.8 Å². The summed E-state index contributed by atoms with van der Waals surface area (Å²) in [5.41, 5.74) is -0.343. The lowest BCUT2D eigenvalue weighted by Gasteiger charge is -2.49. The quantitative estimate of drug-likeness (QED) is 0.514. The second-order valence-corrected chi connectivity index (χ2v) is 10.2. The Hall–Kier alpha value is -1.44. The van der Waals surface area contributed by atoms with Gasteiger partial charge in [-0.2, -0.15) is 0 Å². The predicted molar refractivity (Wildman–Crippen MR) is 114 cm³/mol. The summed E-state index contributed by atoms with van der Waals surface area (Å²) in [4.78, 5) is 23.7. The largest absolute Gasteiger partial charge is 0.462 e. The first-order valence-electron chi connectivity index (χ1n) is 11.5. The van der Waals surface area contributed by atoms with Crippen molar-refractivity contribution in [2.45, 2.75) is 90.8 Å². The first kappa shape index (κ1) is 24.2. The molecule has 0 amide bonds. The van der Waals surface area contributed by atoms with E-state index in [1.165, 1.54) is 13.8 Å². The van der Waals surface area contributed by atoms with Crippen LogP contribution in [0.2, 0.25) is 0 Å². The van der Waals surface area contributed by atoms with Gasteiger partial charge in [0.25, 0.3) is 0 Å². The number of aliphatic hydroxyl groups excluding tert-OH is 1. The highest BCUT2D eigenvalue weighted by molar-refractivity contribution is 5.66. The molecule has 0 aromatic carbocycles. The van der Waals surface area contributed by atoms with Crippen molar-refractivity contribution in [3.8, 4) is 0 Å². The Morgan fingerprint density at radius 1 is 1.26 bits per heavy atom. The minimum atomic E-state index is -1.43. The molecular formula is C24H38O7. The zero-order valence-corrected chi connectivity index (χ0v) is 19.5. The van der Waals surface area contributed by atoms with E-state index in [1.54, 1.807) is 6.92 Å². The normalized spacial score (nSPS) is 45.2. The molecule has 3 aliphatic rings. The van der Waals surface area contributed by atoms with Crippen molar-refractivity contribution in [3.63, 3.8) is 0 Å². The fourth-order valence-electron chi connectivity index (χ4n) is 6.20. The molecule has 0 aromatic rings. The van der Waals surface area contributed by atoms with Gasteiger partial charge in [0.2, 0.25) is 0 Å². The fraction of sp³-hybridized carbons (Fsp3) is 0.833. The average Bonchev–Trinajstić information content (AvgIpc) is 3.06. The summed E-state index contributed by atoms with van der Waals surface area (Å²) in [6, 6.07) is 0. The molecule has 1 saturated carbocycles. The number of ether oxygens (including phenoxy) is 3. The number of hydrogen-bond donors (Lipinski definition) is 2. The number of aliphatic hydroxyl groups is 2. The number of esters is 2. The molecule has 2 heterocycles. The van der Waals surface area contributed by atoms with E-state index in [0.29, 0.717) is 12.8 Å². The van der Waals surface area contributed by atoms with Crippen LogP contribution < -0.4 is 0 Å². The van der Waals surface area contributed by atoms with Gasteiger partial charge in [0.05, 0.1) is 12.2 Å². The van der Waals surface area contributed by atoms with Crippen LogP contribution in [0, 0.1) is 29.6 Å². The number of rotatable bonds is 4. The molecule has 2 bridgehead atoms. The van der Waals surface area contributed by atoms with Crippen molar-refractivity contribution >= 4 is 11.9 Å². The molecule has 2 N–H and O–H groups in total. The third-order valence-electron chi connectivity index (χ3n) is 7.68. The third-order valence-corrected chi connectivity index (χ3v) is 7.68. The topological polar surface area (TPSA) is 102 Å². The number of hydrogen-bond acceptors (Lipinski definition) is 7. The summed E-state index contributed by atoms with van der Waals surface area (Å²) in [6.45, 7) is 10.6. The van der Waals surface area contributed by atoms with Crippen molar-refractivity contribution < 1.29 is 34.0 Å². The van der Waals surface area contributed by atoms with Crippen LogP contribution in [0.4, 0.5) is 0 Å². The standard InChI is InChI=1S/C24H38O7/c1-12-7-8-19(29-15(4)26)24(6,28)23-20-17(14(3)11-25)10-13(2)22(30-16(5)27)21(20)18(9-12)31-23/h7,13-14,17-23,25,28H,8-11H2,1-6H3/b12-7-/t13-,14+,17+,18+,19-,20+,21+,22-,23+,24+/m0/s1. The van der Waals surface area contributed by atoms with Crippen LogP contribution in [0.3, 0.4) is 0 Å². The van der Waals surface area contributed by atoms with Crippen molar-refractivity contribution in [1.82, 2.24) is 0 Å². The van der Waals surface area contributed by atoms with Gasteiger partial charge in [0, 0.05) is 38.7 Å². The molecule has 2 aliphatic heterocycles. The van der Waals surface area contributed by atoms with E-state index in [-0.39, 0.29) is 54.4 Å².